The van der Waals surface area contributed by atoms with Crippen molar-refractivity contribution >= 4 is 32.9 Å². The van der Waals surface area contributed by atoms with Gasteiger partial charge in [-0.15, -0.1) is 0 Å². The molecule has 0 unspecified atom stereocenters. The summed E-state index contributed by atoms with van der Waals surface area (Å²) in [6.45, 7) is 2.42. The Balaban J connectivity index is 1.48. The molecule has 2 heterocycles. The van der Waals surface area contributed by atoms with E-state index in [1.807, 2.05) is 35.2 Å². The molecule has 2 aliphatic rings. The fourth-order valence-electron chi connectivity index (χ4n) is 4.14. The molecule has 1 saturated carbocycles. The van der Waals surface area contributed by atoms with Gasteiger partial charge in [0.15, 0.2) is 0 Å². The van der Waals surface area contributed by atoms with E-state index in [1.165, 1.54) is 12.1 Å². The summed E-state index contributed by atoms with van der Waals surface area (Å²) in [6.07, 6.45) is 3.09. The second-order valence-electron chi connectivity index (χ2n) is 7.90. The van der Waals surface area contributed by atoms with Gasteiger partial charge in [-0.25, -0.2) is 9.37 Å². The lowest BCUT2D eigenvalue weighted by Gasteiger charge is -2.17. The van der Waals surface area contributed by atoms with Crippen molar-refractivity contribution in [3.8, 4) is 11.4 Å². The molecule has 1 aliphatic heterocycles. The molecule has 4 nitrogen and oxygen atoms in total. The van der Waals surface area contributed by atoms with Crippen LogP contribution >= 0.6 is 15.9 Å². The first kappa shape index (κ1) is 17.9. The molecule has 1 atom stereocenters. The highest BCUT2D eigenvalue weighted by atomic mass is 79.9. The van der Waals surface area contributed by atoms with Crippen molar-refractivity contribution in [1.29, 1.82) is 0 Å². The number of benzene rings is 2. The fraction of sp³-hybridized carbons (Fsp3) is 0.364. The number of carbonyl (C=O) groups is 1. The van der Waals surface area contributed by atoms with E-state index in [0.717, 1.165) is 60.3 Å². The monoisotopic (exact) mass is 441 g/mol. The summed E-state index contributed by atoms with van der Waals surface area (Å²) in [7, 11) is 0. The third kappa shape index (κ3) is 3.34. The van der Waals surface area contributed by atoms with Crippen LogP contribution in [0.15, 0.2) is 46.9 Å². The highest BCUT2D eigenvalue weighted by molar-refractivity contribution is 9.10. The van der Waals surface area contributed by atoms with E-state index in [4.69, 9.17) is 4.98 Å². The highest BCUT2D eigenvalue weighted by Gasteiger charge is 2.36. The minimum absolute atomic E-state index is 0.272. The SMILES string of the molecule is O=C(C1CC1)N1CC[C@@H](Cn2c(-c3ccc(Br)cc3)nc3cc(F)ccc32)C1. The molecule has 0 spiro atoms. The van der Waals surface area contributed by atoms with E-state index in [1.54, 1.807) is 0 Å². The second kappa shape index (κ2) is 6.99. The van der Waals surface area contributed by atoms with Gasteiger partial charge in [-0.05, 0) is 49.4 Å². The van der Waals surface area contributed by atoms with Crippen LogP contribution in [0.2, 0.25) is 0 Å². The Morgan fingerprint density at radius 1 is 1.14 bits per heavy atom. The maximum Gasteiger partial charge on any atom is 0.225 e. The molecule has 0 N–H and O–H groups in total. The number of aromatic nitrogens is 2. The first-order valence-corrected chi connectivity index (χ1v) is 10.6. The molecular formula is C22H21BrFN3O. The third-order valence-corrected chi connectivity index (χ3v) is 6.31. The van der Waals surface area contributed by atoms with E-state index in [0.29, 0.717) is 17.3 Å². The van der Waals surface area contributed by atoms with Gasteiger partial charge in [0.25, 0.3) is 0 Å². The number of nitrogens with zero attached hydrogens (tertiary/aromatic N) is 3. The molecule has 5 rings (SSSR count). The van der Waals surface area contributed by atoms with E-state index >= 15 is 0 Å². The first-order valence-electron chi connectivity index (χ1n) is 9.79. The van der Waals surface area contributed by atoms with Gasteiger partial charge in [-0.2, -0.15) is 0 Å². The van der Waals surface area contributed by atoms with Crippen LogP contribution in [0.25, 0.3) is 22.4 Å². The largest absolute Gasteiger partial charge is 0.342 e. The minimum Gasteiger partial charge on any atom is -0.342 e. The maximum absolute atomic E-state index is 13.8. The zero-order valence-electron chi connectivity index (χ0n) is 15.4. The van der Waals surface area contributed by atoms with Crippen LogP contribution < -0.4 is 0 Å². The zero-order valence-corrected chi connectivity index (χ0v) is 17.0. The smallest absolute Gasteiger partial charge is 0.225 e. The Labute approximate surface area is 171 Å². The number of hydrogen-bond acceptors (Lipinski definition) is 2. The normalized spacial score (nSPS) is 19.5. The van der Waals surface area contributed by atoms with Crippen LogP contribution in [0.5, 0.6) is 0 Å². The zero-order chi connectivity index (χ0) is 19.3. The number of imidazole rings is 1. The van der Waals surface area contributed by atoms with Crippen molar-refractivity contribution < 1.29 is 9.18 Å². The molecule has 2 fully saturated rings. The Morgan fingerprint density at radius 3 is 2.68 bits per heavy atom. The number of amides is 1. The second-order valence-corrected chi connectivity index (χ2v) is 8.81. The van der Waals surface area contributed by atoms with Gasteiger partial charge in [-0.1, -0.05) is 28.1 Å². The number of halogens is 2. The fourth-order valence-corrected chi connectivity index (χ4v) is 4.40. The van der Waals surface area contributed by atoms with Gasteiger partial charge in [0, 0.05) is 41.7 Å². The van der Waals surface area contributed by atoms with Gasteiger partial charge in [-0.3, -0.25) is 4.79 Å². The summed E-state index contributed by atoms with van der Waals surface area (Å²) in [6, 6.07) is 12.8. The number of rotatable bonds is 4. The Kier molecular flexibility index (Phi) is 4.46. The lowest BCUT2D eigenvalue weighted by molar-refractivity contribution is -0.131. The summed E-state index contributed by atoms with van der Waals surface area (Å²) in [4.78, 5) is 19.1. The molecule has 1 amide bonds. The topological polar surface area (TPSA) is 38.1 Å². The van der Waals surface area contributed by atoms with E-state index in [2.05, 4.69) is 20.5 Å². The van der Waals surface area contributed by atoms with Gasteiger partial charge in [0.1, 0.15) is 11.6 Å². The number of hydrogen-bond donors (Lipinski definition) is 0. The highest BCUT2D eigenvalue weighted by Crippen LogP contribution is 2.34. The summed E-state index contributed by atoms with van der Waals surface area (Å²) >= 11 is 3.47. The van der Waals surface area contributed by atoms with E-state index in [-0.39, 0.29) is 11.7 Å². The van der Waals surface area contributed by atoms with Crippen LogP contribution in [0.4, 0.5) is 4.39 Å². The maximum atomic E-state index is 13.8. The van der Waals surface area contributed by atoms with Crippen molar-refractivity contribution in [2.45, 2.75) is 25.8 Å². The van der Waals surface area contributed by atoms with Crippen LogP contribution in [-0.2, 0) is 11.3 Å². The van der Waals surface area contributed by atoms with Gasteiger partial charge >= 0.3 is 0 Å². The predicted molar refractivity (Wildman–Crippen MR) is 110 cm³/mol. The average Bonchev–Trinajstić information content (AvgIpc) is 3.34. The molecule has 2 aromatic carbocycles. The minimum atomic E-state index is -0.276. The quantitative estimate of drug-likeness (QED) is 0.579. The molecule has 0 radical (unpaired) electrons. The molecule has 28 heavy (non-hydrogen) atoms. The summed E-state index contributed by atoms with van der Waals surface area (Å²) < 4.78 is 17.0. The Hall–Kier alpha value is -2.21. The van der Waals surface area contributed by atoms with E-state index < -0.39 is 0 Å². The van der Waals surface area contributed by atoms with Crippen LogP contribution in [0.3, 0.4) is 0 Å². The standard InChI is InChI=1S/C22H21BrFN3O/c23-17-5-3-15(4-6-17)21-25-19-11-18(24)7-8-20(19)27(21)13-14-9-10-26(12-14)22(28)16-1-2-16/h3-8,11,14,16H,1-2,9-10,12-13H2/t14-/m1/s1. The molecule has 3 aromatic rings. The van der Waals surface area contributed by atoms with Crippen molar-refractivity contribution in [3.05, 3.63) is 52.8 Å². The summed E-state index contributed by atoms with van der Waals surface area (Å²) in [5.74, 6) is 1.56. The summed E-state index contributed by atoms with van der Waals surface area (Å²) in [5.41, 5.74) is 2.61. The molecule has 1 aliphatic carbocycles. The molecule has 0 bridgehead atoms. The molecule has 6 heteroatoms. The number of carbonyl (C=O) groups excluding carboxylic acids is 1. The van der Waals surface area contributed by atoms with Gasteiger partial charge in [0.2, 0.25) is 5.91 Å². The van der Waals surface area contributed by atoms with Gasteiger partial charge < -0.3 is 9.47 Å². The van der Waals surface area contributed by atoms with Crippen molar-refractivity contribution in [2.24, 2.45) is 11.8 Å². The molecule has 144 valence electrons. The van der Waals surface area contributed by atoms with Gasteiger partial charge in [0.05, 0.1) is 11.0 Å². The lowest BCUT2D eigenvalue weighted by atomic mass is 10.1. The van der Waals surface area contributed by atoms with E-state index in [9.17, 15) is 9.18 Å². The predicted octanol–water partition coefficient (Wildman–Crippen LogP) is 4.86. The lowest BCUT2D eigenvalue weighted by Crippen LogP contribution is -2.30. The third-order valence-electron chi connectivity index (χ3n) is 5.78. The molecular weight excluding hydrogens is 421 g/mol. The molecule has 1 aromatic heterocycles. The van der Waals surface area contributed by atoms with Crippen LogP contribution in [0.1, 0.15) is 19.3 Å². The Morgan fingerprint density at radius 2 is 1.93 bits per heavy atom. The van der Waals surface area contributed by atoms with Crippen LogP contribution in [0, 0.1) is 17.7 Å². The Bertz CT molecular complexity index is 1040. The summed E-state index contributed by atoms with van der Waals surface area (Å²) in [5, 5.41) is 0. The van der Waals surface area contributed by atoms with Crippen molar-refractivity contribution in [2.75, 3.05) is 13.1 Å². The number of fused-ring (bicyclic) bond motifs is 1. The molecule has 1 saturated heterocycles. The van der Waals surface area contributed by atoms with Crippen molar-refractivity contribution in [1.82, 2.24) is 14.5 Å². The van der Waals surface area contributed by atoms with Crippen LogP contribution in [-0.4, -0.2) is 33.4 Å². The van der Waals surface area contributed by atoms with Crippen molar-refractivity contribution in [3.63, 3.8) is 0 Å². The first-order chi connectivity index (χ1) is 13.6. The number of likely N-dealkylation sites (tertiary alicyclic amines) is 1. The average molecular weight is 442 g/mol.